The van der Waals surface area contributed by atoms with Crippen molar-refractivity contribution >= 4 is 9.28 Å². The zero-order valence-corrected chi connectivity index (χ0v) is 15.5. The van der Waals surface area contributed by atoms with Gasteiger partial charge in [-0.3, -0.25) is 0 Å². The van der Waals surface area contributed by atoms with E-state index in [1.165, 1.54) is 38.5 Å². The molecule has 0 aromatic carbocycles. The Labute approximate surface area is 127 Å². The average molecular weight is 299 g/mol. The molecule has 5 unspecified atom stereocenters. The van der Waals surface area contributed by atoms with E-state index in [1.54, 1.807) is 0 Å². The van der Waals surface area contributed by atoms with E-state index in [-0.39, 0.29) is 0 Å². The van der Waals surface area contributed by atoms with Crippen molar-refractivity contribution in [1.82, 2.24) is 0 Å². The molecule has 0 radical (unpaired) electrons. The first kappa shape index (κ1) is 16.5. The molecule has 3 heteroatoms. The normalized spacial score (nSPS) is 46.0. The largest absolute Gasteiger partial charge is 0.400 e. The molecule has 0 heterocycles. The van der Waals surface area contributed by atoms with Crippen LogP contribution in [0, 0.1) is 22.7 Å². The number of rotatable bonds is 4. The minimum atomic E-state index is -1.57. The second-order valence-electron chi connectivity index (χ2n) is 7.86. The van der Waals surface area contributed by atoms with Crippen molar-refractivity contribution in [3.63, 3.8) is 0 Å². The molecule has 0 spiro atoms. The molecule has 2 rings (SSSR count). The lowest BCUT2D eigenvalue weighted by molar-refractivity contribution is -0.0248. The lowest BCUT2D eigenvalue weighted by Gasteiger charge is -2.55. The molecule has 0 N–H and O–H groups in total. The van der Waals surface area contributed by atoms with E-state index >= 15 is 0 Å². The fourth-order valence-corrected chi connectivity index (χ4v) is 8.14. The predicted molar refractivity (Wildman–Crippen MR) is 87.2 cm³/mol. The monoisotopic (exact) mass is 298 g/mol. The van der Waals surface area contributed by atoms with Gasteiger partial charge < -0.3 is 8.85 Å². The van der Waals surface area contributed by atoms with Gasteiger partial charge in [-0.05, 0) is 41.9 Å². The average Bonchev–Trinajstić information content (AvgIpc) is 2.74. The topological polar surface area (TPSA) is 18.5 Å². The Balaban J connectivity index is 2.35. The first-order chi connectivity index (χ1) is 9.40. The molecule has 118 valence electrons. The van der Waals surface area contributed by atoms with Gasteiger partial charge in [0.05, 0.1) is 0 Å². The maximum absolute atomic E-state index is 5.84. The Morgan fingerprint density at radius 1 is 0.900 bits per heavy atom. The van der Waals surface area contributed by atoms with Gasteiger partial charge in [-0.15, -0.1) is 0 Å². The molecule has 2 aliphatic carbocycles. The zero-order valence-electron chi connectivity index (χ0n) is 14.4. The molecule has 0 aliphatic heterocycles. The molecule has 0 aromatic heterocycles. The van der Waals surface area contributed by atoms with Crippen molar-refractivity contribution in [3.05, 3.63) is 0 Å². The van der Waals surface area contributed by atoms with Crippen LogP contribution in [0.5, 0.6) is 0 Å². The van der Waals surface area contributed by atoms with Gasteiger partial charge in [-0.1, -0.05) is 47.0 Å². The van der Waals surface area contributed by atoms with E-state index < -0.39 is 9.28 Å². The van der Waals surface area contributed by atoms with E-state index in [0.29, 0.717) is 16.4 Å². The molecule has 5 atom stereocenters. The molecule has 0 bridgehead atoms. The summed E-state index contributed by atoms with van der Waals surface area (Å²) < 4.78 is 11.7. The molecule has 0 saturated heterocycles. The molecular formula is C17H34O2Si. The number of hydrogen-bond acceptors (Lipinski definition) is 2. The van der Waals surface area contributed by atoms with Gasteiger partial charge in [0.25, 0.3) is 0 Å². The van der Waals surface area contributed by atoms with Crippen LogP contribution in [0.3, 0.4) is 0 Å². The van der Waals surface area contributed by atoms with Gasteiger partial charge in [0, 0.05) is 19.8 Å². The van der Waals surface area contributed by atoms with Gasteiger partial charge in [0.15, 0.2) is 0 Å². The predicted octanol–water partition coefficient (Wildman–Crippen LogP) is 4.52. The summed E-state index contributed by atoms with van der Waals surface area (Å²) >= 11 is 0. The second-order valence-corrected chi connectivity index (χ2v) is 10.3. The van der Waals surface area contributed by atoms with Crippen molar-refractivity contribution in [3.8, 4) is 0 Å². The minimum Gasteiger partial charge on any atom is -0.400 e. The van der Waals surface area contributed by atoms with Gasteiger partial charge in [-0.2, -0.15) is 0 Å². The van der Waals surface area contributed by atoms with Crippen LogP contribution in [0.15, 0.2) is 0 Å². The highest BCUT2D eigenvalue weighted by Crippen LogP contribution is 2.66. The quantitative estimate of drug-likeness (QED) is 0.710. The van der Waals surface area contributed by atoms with E-state index in [4.69, 9.17) is 8.85 Å². The van der Waals surface area contributed by atoms with Crippen LogP contribution in [-0.4, -0.2) is 23.5 Å². The summed E-state index contributed by atoms with van der Waals surface area (Å²) in [4.78, 5) is 0. The minimum absolute atomic E-state index is 0.398. The van der Waals surface area contributed by atoms with E-state index in [2.05, 4.69) is 27.7 Å². The van der Waals surface area contributed by atoms with Crippen LogP contribution in [0.25, 0.3) is 0 Å². The van der Waals surface area contributed by atoms with Gasteiger partial charge in [0.2, 0.25) is 0 Å². The summed E-state index contributed by atoms with van der Waals surface area (Å²) in [6.45, 7) is 10.0. The van der Waals surface area contributed by atoms with Crippen LogP contribution >= 0.6 is 0 Å². The highest BCUT2D eigenvalue weighted by Gasteiger charge is 2.59. The molecule has 2 aliphatic rings. The fourth-order valence-electron chi connectivity index (χ4n) is 5.48. The zero-order chi connectivity index (χ0) is 15.0. The maximum Gasteiger partial charge on any atom is 0.324 e. The first-order valence-corrected chi connectivity index (χ1v) is 10.1. The molecular weight excluding hydrogens is 264 g/mol. The summed E-state index contributed by atoms with van der Waals surface area (Å²) in [6, 6.07) is 0. The van der Waals surface area contributed by atoms with Gasteiger partial charge in [0.1, 0.15) is 0 Å². The third-order valence-electron chi connectivity index (χ3n) is 7.20. The molecule has 0 amide bonds. The summed E-state index contributed by atoms with van der Waals surface area (Å²) in [5, 5.41) is 0. The van der Waals surface area contributed by atoms with Crippen LogP contribution in [0.4, 0.5) is 0 Å². The Morgan fingerprint density at radius 3 is 2.10 bits per heavy atom. The van der Waals surface area contributed by atoms with Crippen LogP contribution < -0.4 is 0 Å². The van der Waals surface area contributed by atoms with E-state index in [9.17, 15) is 0 Å². The third kappa shape index (κ3) is 2.40. The molecule has 2 nitrogen and oxygen atoms in total. The Hall–Kier alpha value is 0.137. The summed E-state index contributed by atoms with van der Waals surface area (Å²) in [6.07, 6.45) is 8.32. The summed E-state index contributed by atoms with van der Waals surface area (Å²) in [5.41, 5.74) is 1.51. The molecule has 0 aromatic rings. The third-order valence-corrected chi connectivity index (χ3v) is 10.1. The lowest BCUT2D eigenvalue weighted by atomic mass is 9.53. The highest BCUT2D eigenvalue weighted by molar-refractivity contribution is 6.46. The summed E-state index contributed by atoms with van der Waals surface area (Å²) in [5.74, 6) is 1.58. The smallest absolute Gasteiger partial charge is 0.324 e. The highest BCUT2D eigenvalue weighted by atomic mass is 28.3. The molecule has 20 heavy (non-hydrogen) atoms. The van der Waals surface area contributed by atoms with Crippen molar-refractivity contribution in [2.75, 3.05) is 14.2 Å². The van der Waals surface area contributed by atoms with Crippen LogP contribution in [0.2, 0.25) is 5.54 Å². The van der Waals surface area contributed by atoms with Crippen molar-refractivity contribution in [2.24, 2.45) is 22.7 Å². The Morgan fingerprint density at radius 2 is 1.55 bits per heavy atom. The van der Waals surface area contributed by atoms with E-state index in [1.807, 2.05) is 14.2 Å². The van der Waals surface area contributed by atoms with Crippen molar-refractivity contribution in [1.29, 1.82) is 0 Å². The standard InChI is InChI=1S/C17H34O2Si/c1-13-10-12-17(4,15(13)20(18-5)19-6)16(3)11-8-7-9-14(16)2/h13-15,20H,7-12H2,1-6H3. The second kappa shape index (κ2) is 6.10. The molecule has 2 fully saturated rings. The van der Waals surface area contributed by atoms with Crippen LogP contribution in [-0.2, 0) is 8.85 Å². The fraction of sp³-hybridized carbons (Fsp3) is 1.00. The maximum atomic E-state index is 5.84. The Kier molecular flexibility index (Phi) is 5.03. The SMILES string of the molecule is CO[SiH](OC)C1C(C)CCC1(C)C1(C)CCCCC1C. The van der Waals surface area contributed by atoms with Crippen LogP contribution in [0.1, 0.15) is 66.2 Å². The molecule has 2 saturated carbocycles. The van der Waals surface area contributed by atoms with Gasteiger partial charge >= 0.3 is 9.28 Å². The Bertz CT molecular complexity index is 331. The van der Waals surface area contributed by atoms with E-state index in [0.717, 1.165) is 11.8 Å². The van der Waals surface area contributed by atoms with Crippen molar-refractivity contribution in [2.45, 2.75) is 71.8 Å². The first-order valence-electron chi connectivity index (χ1n) is 8.46. The van der Waals surface area contributed by atoms with Gasteiger partial charge in [-0.25, -0.2) is 0 Å². The lowest BCUT2D eigenvalue weighted by Crippen LogP contribution is -2.49. The van der Waals surface area contributed by atoms with Crippen molar-refractivity contribution < 1.29 is 8.85 Å². The summed E-state index contributed by atoms with van der Waals surface area (Å²) in [7, 11) is 2.15. The number of hydrogen-bond donors (Lipinski definition) is 0.